The number of amides is 3. The third-order valence-corrected chi connectivity index (χ3v) is 3.27. The maximum absolute atomic E-state index is 12.0. The second-order valence-electron chi connectivity index (χ2n) is 5.79. The van der Waals surface area contributed by atoms with E-state index >= 15 is 0 Å². The Morgan fingerprint density at radius 3 is 2.43 bits per heavy atom. The van der Waals surface area contributed by atoms with Crippen LogP contribution in [0.1, 0.15) is 36.2 Å². The first kappa shape index (κ1) is 18.7. The zero-order chi connectivity index (χ0) is 17.4. The van der Waals surface area contributed by atoms with Crippen LogP contribution in [-0.2, 0) is 9.59 Å². The summed E-state index contributed by atoms with van der Waals surface area (Å²) in [7, 11) is 1.57. The highest BCUT2D eigenvalue weighted by Crippen LogP contribution is 2.06. The van der Waals surface area contributed by atoms with E-state index in [0.717, 1.165) is 5.56 Å². The topological polar surface area (TPSA) is 78.5 Å². The van der Waals surface area contributed by atoms with Crippen molar-refractivity contribution in [3.05, 3.63) is 35.4 Å². The van der Waals surface area contributed by atoms with Gasteiger partial charge in [0.2, 0.25) is 11.8 Å². The van der Waals surface area contributed by atoms with Crippen LogP contribution in [0.3, 0.4) is 0 Å². The number of nitrogens with one attached hydrogen (secondary N) is 2. The van der Waals surface area contributed by atoms with Crippen molar-refractivity contribution in [1.82, 2.24) is 15.5 Å². The molecule has 0 bridgehead atoms. The van der Waals surface area contributed by atoms with Crippen LogP contribution in [0.25, 0.3) is 0 Å². The lowest BCUT2D eigenvalue weighted by Gasteiger charge is -2.18. The van der Waals surface area contributed by atoms with Crippen molar-refractivity contribution in [3.63, 3.8) is 0 Å². The van der Waals surface area contributed by atoms with Crippen molar-refractivity contribution in [2.24, 2.45) is 0 Å². The number of carbonyl (C=O) groups is 3. The molecule has 0 atom stereocenters. The van der Waals surface area contributed by atoms with Crippen LogP contribution in [0.2, 0.25) is 0 Å². The molecular formula is C17H25N3O3. The summed E-state index contributed by atoms with van der Waals surface area (Å²) in [5.74, 6) is -0.579. The van der Waals surface area contributed by atoms with Crippen molar-refractivity contribution >= 4 is 17.7 Å². The van der Waals surface area contributed by atoms with E-state index in [-0.39, 0.29) is 43.3 Å². The fourth-order valence-electron chi connectivity index (χ4n) is 2.07. The molecule has 0 unspecified atom stereocenters. The van der Waals surface area contributed by atoms with Crippen molar-refractivity contribution in [3.8, 4) is 0 Å². The molecule has 2 N–H and O–H groups in total. The highest BCUT2D eigenvalue weighted by Gasteiger charge is 2.14. The van der Waals surface area contributed by atoms with Gasteiger partial charge in [0.25, 0.3) is 5.91 Å². The van der Waals surface area contributed by atoms with Crippen molar-refractivity contribution < 1.29 is 14.4 Å². The summed E-state index contributed by atoms with van der Waals surface area (Å²) in [6, 6.07) is 7.32. The molecule has 0 heterocycles. The van der Waals surface area contributed by atoms with Gasteiger partial charge in [-0.1, -0.05) is 18.2 Å². The Morgan fingerprint density at radius 2 is 1.83 bits per heavy atom. The number of likely N-dealkylation sites (N-methyl/N-ethyl adjacent to an activating group) is 1. The molecule has 0 aliphatic rings. The molecule has 0 aromatic heterocycles. The first-order valence-electron chi connectivity index (χ1n) is 7.68. The Kier molecular flexibility index (Phi) is 7.25. The van der Waals surface area contributed by atoms with Gasteiger partial charge in [0.15, 0.2) is 0 Å². The third-order valence-electron chi connectivity index (χ3n) is 3.27. The smallest absolute Gasteiger partial charge is 0.251 e. The molecular weight excluding hydrogens is 294 g/mol. The molecule has 1 aromatic rings. The largest absolute Gasteiger partial charge is 0.352 e. The van der Waals surface area contributed by atoms with Crippen LogP contribution in [0.4, 0.5) is 0 Å². The second-order valence-corrected chi connectivity index (χ2v) is 5.79. The lowest BCUT2D eigenvalue weighted by Crippen LogP contribution is -2.41. The van der Waals surface area contributed by atoms with Gasteiger partial charge in [0.1, 0.15) is 0 Å². The zero-order valence-corrected chi connectivity index (χ0v) is 14.2. The first-order valence-corrected chi connectivity index (χ1v) is 7.68. The SMILES string of the molecule is Cc1ccccc1C(=O)NCCC(=O)N(C)CC(=O)NC(C)C. The van der Waals surface area contributed by atoms with Gasteiger partial charge in [-0.25, -0.2) is 0 Å². The maximum Gasteiger partial charge on any atom is 0.251 e. The number of benzene rings is 1. The molecule has 0 aliphatic heterocycles. The van der Waals surface area contributed by atoms with Gasteiger partial charge in [0.05, 0.1) is 6.54 Å². The number of hydrogen-bond acceptors (Lipinski definition) is 3. The molecule has 3 amide bonds. The Balaban J connectivity index is 2.37. The predicted molar refractivity (Wildman–Crippen MR) is 89.0 cm³/mol. The monoisotopic (exact) mass is 319 g/mol. The van der Waals surface area contributed by atoms with E-state index < -0.39 is 0 Å². The highest BCUT2D eigenvalue weighted by molar-refractivity contribution is 5.95. The zero-order valence-electron chi connectivity index (χ0n) is 14.2. The molecule has 1 rings (SSSR count). The lowest BCUT2D eigenvalue weighted by molar-refractivity contribution is -0.134. The minimum absolute atomic E-state index is 0.0166. The second kappa shape index (κ2) is 8.92. The summed E-state index contributed by atoms with van der Waals surface area (Å²) < 4.78 is 0. The maximum atomic E-state index is 12.0. The fourth-order valence-corrected chi connectivity index (χ4v) is 2.07. The minimum Gasteiger partial charge on any atom is -0.352 e. The lowest BCUT2D eigenvalue weighted by atomic mass is 10.1. The number of hydrogen-bond donors (Lipinski definition) is 2. The van der Waals surface area contributed by atoms with E-state index in [0.29, 0.717) is 5.56 Å². The molecule has 0 aliphatic carbocycles. The van der Waals surface area contributed by atoms with Gasteiger partial charge in [-0.15, -0.1) is 0 Å². The molecule has 0 spiro atoms. The number of rotatable bonds is 7. The molecule has 0 saturated heterocycles. The molecule has 23 heavy (non-hydrogen) atoms. The number of nitrogens with zero attached hydrogens (tertiary/aromatic N) is 1. The van der Waals surface area contributed by atoms with E-state index in [9.17, 15) is 14.4 Å². The molecule has 1 aromatic carbocycles. The van der Waals surface area contributed by atoms with Gasteiger partial charge >= 0.3 is 0 Å². The van der Waals surface area contributed by atoms with Gasteiger partial charge in [-0.3, -0.25) is 14.4 Å². The van der Waals surface area contributed by atoms with Crippen molar-refractivity contribution in [2.75, 3.05) is 20.1 Å². The van der Waals surface area contributed by atoms with E-state index in [1.165, 1.54) is 4.90 Å². The van der Waals surface area contributed by atoms with Crippen LogP contribution < -0.4 is 10.6 Å². The summed E-state index contributed by atoms with van der Waals surface area (Å²) in [6.07, 6.45) is 0.156. The predicted octanol–water partition coefficient (Wildman–Crippen LogP) is 1.10. The fraction of sp³-hybridized carbons (Fsp3) is 0.471. The molecule has 0 radical (unpaired) electrons. The average Bonchev–Trinajstić information content (AvgIpc) is 2.46. The summed E-state index contributed by atoms with van der Waals surface area (Å²) in [6.45, 7) is 5.84. The Bertz CT molecular complexity index is 570. The van der Waals surface area contributed by atoms with Crippen LogP contribution >= 0.6 is 0 Å². The third kappa shape index (κ3) is 6.50. The van der Waals surface area contributed by atoms with E-state index in [2.05, 4.69) is 10.6 Å². The molecule has 0 saturated carbocycles. The Labute approximate surface area is 137 Å². The van der Waals surface area contributed by atoms with Gasteiger partial charge in [-0.2, -0.15) is 0 Å². The van der Waals surface area contributed by atoms with E-state index in [1.54, 1.807) is 19.2 Å². The summed E-state index contributed by atoms with van der Waals surface area (Å²) >= 11 is 0. The summed E-state index contributed by atoms with van der Waals surface area (Å²) in [5.41, 5.74) is 1.49. The quantitative estimate of drug-likeness (QED) is 0.790. The molecule has 6 nitrogen and oxygen atoms in total. The van der Waals surface area contributed by atoms with Crippen LogP contribution in [0.5, 0.6) is 0 Å². The Morgan fingerprint density at radius 1 is 1.17 bits per heavy atom. The first-order chi connectivity index (χ1) is 10.8. The normalized spacial score (nSPS) is 10.3. The number of carbonyl (C=O) groups excluding carboxylic acids is 3. The van der Waals surface area contributed by atoms with Crippen LogP contribution in [0, 0.1) is 6.92 Å². The molecule has 0 fully saturated rings. The Hall–Kier alpha value is -2.37. The standard InChI is InChI=1S/C17H25N3O3/c1-12(2)19-15(21)11-20(4)16(22)9-10-18-17(23)14-8-6-5-7-13(14)3/h5-8,12H,9-11H2,1-4H3,(H,18,23)(H,19,21). The average molecular weight is 319 g/mol. The molecule has 126 valence electrons. The molecule has 6 heteroatoms. The van der Waals surface area contributed by atoms with Gasteiger partial charge in [0, 0.05) is 31.6 Å². The van der Waals surface area contributed by atoms with Gasteiger partial charge < -0.3 is 15.5 Å². The summed E-state index contributed by atoms with van der Waals surface area (Å²) in [4.78, 5) is 36.9. The summed E-state index contributed by atoms with van der Waals surface area (Å²) in [5, 5.41) is 5.45. The van der Waals surface area contributed by atoms with E-state index in [4.69, 9.17) is 0 Å². The van der Waals surface area contributed by atoms with Crippen LogP contribution in [-0.4, -0.2) is 48.8 Å². The van der Waals surface area contributed by atoms with Crippen LogP contribution in [0.15, 0.2) is 24.3 Å². The minimum atomic E-state index is -0.198. The van der Waals surface area contributed by atoms with E-state index in [1.807, 2.05) is 32.9 Å². The number of aryl methyl sites for hydroxylation is 1. The van der Waals surface area contributed by atoms with Crippen molar-refractivity contribution in [2.45, 2.75) is 33.2 Å². The van der Waals surface area contributed by atoms with Crippen molar-refractivity contribution in [1.29, 1.82) is 0 Å². The highest BCUT2D eigenvalue weighted by atomic mass is 16.2. The van der Waals surface area contributed by atoms with Gasteiger partial charge in [-0.05, 0) is 32.4 Å².